The van der Waals surface area contributed by atoms with E-state index in [0.717, 1.165) is 36.0 Å². The molecule has 1 aliphatic rings. The number of carbonyl (C=O) groups excluding carboxylic acids is 1. The number of hydrogen-bond donors (Lipinski definition) is 1. The smallest absolute Gasteiger partial charge is 0.355 e. The van der Waals surface area contributed by atoms with Crippen LogP contribution in [-0.4, -0.2) is 70.2 Å². The Hall–Kier alpha value is -1.90. The molecule has 2 aromatic rings. The Bertz CT molecular complexity index is 797. The standard InChI is InChI=1S/C20H25N3O3S2/c1-22(10-9-15-5-3-2-4-6-15)13-16-7-8-18(24)23(16)11-12-27-20-21-17(14-28-20)19(25)26/h2-6,14,16H,7-13H2,1H3,(H,25,26)/t16-/m1/s1. The van der Waals surface area contributed by atoms with Crippen LogP contribution in [0.25, 0.3) is 0 Å². The van der Waals surface area contributed by atoms with E-state index in [9.17, 15) is 9.59 Å². The van der Waals surface area contributed by atoms with Gasteiger partial charge in [0.1, 0.15) is 0 Å². The van der Waals surface area contributed by atoms with Gasteiger partial charge < -0.3 is 14.9 Å². The maximum atomic E-state index is 12.3. The first-order valence-electron chi connectivity index (χ1n) is 9.36. The van der Waals surface area contributed by atoms with Crippen LogP contribution in [0.2, 0.25) is 0 Å². The van der Waals surface area contributed by atoms with Crippen molar-refractivity contribution in [3.05, 3.63) is 47.0 Å². The molecule has 1 aliphatic heterocycles. The van der Waals surface area contributed by atoms with Gasteiger partial charge in [-0.25, -0.2) is 9.78 Å². The number of carbonyl (C=O) groups is 2. The molecule has 1 amide bonds. The highest BCUT2D eigenvalue weighted by Crippen LogP contribution is 2.25. The fourth-order valence-corrected chi connectivity index (χ4v) is 5.17. The van der Waals surface area contributed by atoms with E-state index in [1.807, 2.05) is 11.0 Å². The van der Waals surface area contributed by atoms with Crippen molar-refractivity contribution < 1.29 is 14.7 Å². The van der Waals surface area contributed by atoms with Gasteiger partial charge in [0.05, 0.1) is 0 Å². The van der Waals surface area contributed by atoms with Gasteiger partial charge in [-0.15, -0.1) is 11.3 Å². The monoisotopic (exact) mass is 419 g/mol. The second kappa shape index (κ2) is 10.0. The lowest BCUT2D eigenvalue weighted by Crippen LogP contribution is -2.42. The average Bonchev–Trinajstić information content (AvgIpc) is 3.29. The van der Waals surface area contributed by atoms with Gasteiger partial charge in [-0.1, -0.05) is 42.1 Å². The third-order valence-electron chi connectivity index (χ3n) is 4.86. The highest BCUT2D eigenvalue weighted by atomic mass is 32.2. The Kier molecular flexibility index (Phi) is 7.47. The van der Waals surface area contributed by atoms with Crippen molar-refractivity contribution in [2.24, 2.45) is 0 Å². The topological polar surface area (TPSA) is 73.7 Å². The lowest BCUT2D eigenvalue weighted by atomic mass is 10.1. The van der Waals surface area contributed by atoms with Crippen LogP contribution in [0.1, 0.15) is 28.9 Å². The number of aromatic nitrogens is 1. The maximum absolute atomic E-state index is 12.3. The summed E-state index contributed by atoms with van der Waals surface area (Å²) in [7, 11) is 2.11. The highest BCUT2D eigenvalue weighted by molar-refractivity contribution is 8.01. The number of thioether (sulfide) groups is 1. The van der Waals surface area contributed by atoms with Crippen molar-refractivity contribution in [3.63, 3.8) is 0 Å². The molecule has 150 valence electrons. The SMILES string of the molecule is CN(CCc1ccccc1)C[C@H]1CCC(=O)N1CCSc1nc(C(=O)O)cs1. The Balaban J connectivity index is 1.44. The first-order chi connectivity index (χ1) is 13.5. The van der Waals surface area contributed by atoms with Crippen LogP contribution in [0.15, 0.2) is 40.1 Å². The molecule has 0 radical (unpaired) electrons. The molecular formula is C20H25N3O3S2. The summed E-state index contributed by atoms with van der Waals surface area (Å²) in [5.41, 5.74) is 1.41. The molecule has 6 nitrogen and oxygen atoms in total. The zero-order valence-corrected chi connectivity index (χ0v) is 17.5. The minimum Gasteiger partial charge on any atom is -0.476 e. The minimum atomic E-state index is -1.00. The Morgan fingerprint density at radius 3 is 2.89 bits per heavy atom. The Morgan fingerprint density at radius 2 is 2.18 bits per heavy atom. The first kappa shape index (κ1) is 20.8. The van der Waals surface area contributed by atoms with Crippen molar-refractivity contribution in [1.29, 1.82) is 0 Å². The predicted molar refractivity (Wildman–Crippen MR) is 112 cm³/mol. The van der Waals surface area contributed by atoms with Gasteiger partial charge in [-0.3, -0.25) is 4.79 Å². The number of likely N-dealkylation sites (tertiary alicyclic amines) is 1. The van der Waals surface area contributed by atoms with Crippen molar-refractivity contribution in [1.82, 2.24) is 14.8 Å². The number of carboxylic acids is 1. The van der Waals surface area contributed by atoms with E-state index in [-0.39, 0.29) is 17.6 Å². The number of benzene rings is 1. The third kappa shape index (κ3) is 5.80. The van der Waals surface area contributed by atoms with Gasteiger partial charge in [0.25, 0.3) is 0 Å². The number of likely N-dealkylation sites (N-methyl/N-ethyl adjacent to an activating group) is 1. The van der Waals surface area contributed by atoms with Gasteiger partial charge in [-0.2, -0.15) is 0 Å². The van der Waals surface area contributed by atoms with Crippen molar-refractivity contribution >= 4 is 35.0 Å². The van der Waals surface area contributed by atoms with Crippen molar-refractivity contribution in [2.45, 2.75) is 29.6 Å². The van der Waals surface area contributed by atoms with E-state index in [4.69, 9.17) is 5.11 Å². The fourth-order valence-electron chi connectivity index (χ4n) is 3.36. The summed E-state index contributed by atoms with van der Waals surface area (Å²) in [4.78, 5) is 31.6. The molecule has 1 saturated heterocycles. The number of amides is 1. The van der Waals surface area contributed by atoms with Crippen LogP contribution < -0.4 is 0 Å². The summed E-state index contributed by atoms with van der Waals surface area (Å²) < 4.78 is 0.737. The number of rotatable bonds is 10. The summed E-state index contributed by atoms with van der Waals surface area (Å²) in [6.45, 7) is 2.51. The van der Waals surface area contributed by atoms with Gasteiger partial charge in [0.15, 0.2) is 10.0 Å². The largest absolute Gasteiger partial charge is 0.476 e. The van der Waals surface area contributed by atoms with Gasteiger partial charge in [0, 0.05) is 43.2 Å². The number of carboxylic acid groups (broad SMARTS) is 1. The lowest BCUT2D eigenvalue weighted by molar-refractivity contribution is -0.128. The van der Waals surface area contributed by atoms with Gasteiger partial charge in [-0.05, 0) is 25.5 Å². The molecule has 8 heteroatoms. The second-order valence-corrected chi connectivity index (χ2v) is 9.13. The molecule has 1 N–H and O–H groups in total. The quantitative estimate of drug-likeness (QED) is 0.597. The molecule has 0 aliphatic carbocycles. The molecule has 1 aromatic carbocycles. The van der Waals surface area contributed by atoms with E-state index < -0.39 is 5.97 Å². The van der Waals surface area contributed by atoms with Crippen LogP contribution >= 0.6 is 23.1 Å². The average molecular weight is 420 g/mol. The molecule has 28 heavy (non-hydrogen) atoms. The normalized spacial score (nSPS) is 16.9. The van der Waals surface area contributed by atoms with Crippen LogP contribution in [0.3, 0.4) is 0 Å². The van der Waals surface area contributed by atoms with Crippen molar-refractivity contribution in [2.75, 3.05) is 32.4 Å². The van der Waals surface area contributed by atoms with E-state index in [1.54, 1.807) is 5.38 Å². The lowest BCUT2D eigenvalue weighted by Gasteiger charge is -2.28. The first-order valence-corrected chi connectivity index (χ1v) is 11.2. The third-order valence-corrected chi connectivity index (χ3v) is 6.86. The van der Waals surface area contributed by atoms with E-state index in [2.05, 4.69) is 41.2 Å². The Labute approximate surface area is 173 Å². The second-order valence-electron chi connectivity index (χ2n) is 6.93. The summed E-state index contributed by atoms with van der Waals surface area (Å²) in [5, 5.41) is 10.5. The highest BCUT2D eigenvalue weighted by Gasteiger charge is 2.31. The molecule has 0 bridgehead atoms. The predicted octanol–water partition coefficient (Wildman–Crippen LogP) is 3.10. The number of thiazole rings is 1. The van der Waals surface area contributed by atoms with Crippen molar-refractivity contribution in [3.8, 4) is 0 Å². The zero-order chi connectivity index (χ0) is 19.9. The molecule has 1 atom stereocenters. The molecule has 0 unspecified atom stereocenters. The summed E-state index contributed by atoms with van der Waals surface area (Å²) in [6, 6.07) is 10.7. The van der Waals surface area contributed by atoms with Gasteiger partial charge in [0.2, 0.25) is 5.91 Å². The Morgan fingerprint density at radius 1 is 1.39 bits per heavy atom. The molecule has 0 spiro atoms. The van der Waals surface area contributed by atoms with Crippen LogP contribution in [0.5, 0.6) is 0 Å². The van der Waals surface area contributed by atoms with E-state index >= 15 is 0 Å². The van der Waals surface area contributed by atoms with Crippen LogP contribution in [0, 0.1) is 0 Å². The number of hydrogen-bond acceptors (Lipinski definition) is 6. The number of aromatic carboxylic acids is 1. The molecule has 2 heterocycles. The van der Waals surface area contributed by atoms with Gasteiger partial charge >= 0.3 is 5.97 Å². The summed E-state index contributed by atoms with van der Waals surface area (Å²) in [5.74, 6) is -0.0634. The summed E-state index contributed by atoms with van der Waals surface area (Å²) in [6.07, 6.45) is 2.52. The molecule has 3 rings (SSSR count). The summed E-state index contributed by atoms with van der Waals surface area (Å²) >= 11 is 2.85. The van der Waals surface area contributed by atoms with E-state index in [0.29, 0.717) is 13.0 Å². The molecule has 0 saturated carbocycles. The number of nitrogens with zero attached hydrogens (tertiary/aromatic N) is 3. The fraction of sp³-hybridized carbons (Fsp3) is 0.450. The van der Waals surface area contributed by atoms with Crippen LogP contribution in [0.4, 0.5) is 0 Å². The molecular weight excluding hydrogens is 394 g/mol. The minimum absolute atomic E-state index is 0.0858. The van der Waals surface area contributed by atoms with Crippen LogP contribution in [-0.2, 0) is 11.2 Å². The molecule has 1 aromatic heterocycles. The maximum Gasteiger partial charge on any atom is 0.355 e. The zero-order valence-electron chi connectivity index (χ0n) is 15.9. The molecule has 1 fully saturated rings. The van der Waals surface area contributed by atoms with E-state index in [1.165, 1.54) is 28.7 Å².